The quantitative estimate of drug-likeness (QED) is 0.840. The van der Waals surface area contributed by atoms with E-state index in [-0.39, 0.29) is 6.10 Å². The van der Waals surface area contributed by atoms with Crippen LogP contribution in [0.2, 0.25) is 0 Å². The first-order valence-corrected chi connectivity index (χ1v) is 6.19. The standard InChI is InChI=1S/C11H15NO3S/c13-8-2-1-5-12(6-8)7-9-3-4-10(16-9)11(14)15/h3-4,8,13H,1-2,5-7H2,(H,14,15). The summed E-state index contributed by atoms with van der Waals surface area (Å²) in [4.78, 5) is 14.3. The largest absolute Gasteiger partial charge is 0.477 e. The summed E-state index contributed by atoms with van der Waals surface area (Å²) in [6.45, 7) is 2.42. The summed E-state index contributed by atoms with van der Waals surface area (Å²) in [6, 6.07) is 3.50. The maximum absolute atomic E-state index is 10.7. The second-order valence-corrected chi connectivity index (χ2v) is 5.27. The lowest BCUT2D eigenvalue weighted by Gasteiger charge is -2.29. The molecule has 16 heavy (non-hydrogen) atoms. The number of piperidine rings is 1. The second-order valence-electron chi connectivity index (χ2n) is 4.10. The summed E-state index contributed by atoms with van der Waals surface area (Å²) in [6.07, 6.45) is 1.66. The van der Waals surface area contributed by atoms with Gasteiger partial charge in [0.15, 0.2) is 0 Å². The molecule has 1 atom stereocenters. The summed E-state index contributed by atoms with van der Waals surface area (Å²) in [5.74, 6) is -0.866. The van der Waals surface area contributed by atoms with Gasteiger partial charge in [0.2, 0.25) is 0 Å². The molecule has 4 nitrogen and oxygen atoms in total. The molecule has 1 unspecified atom stereocenters. The van der Waals surface area contributed by atoms with Crippen molar-refractivity contribution in [3.05, 3.63) is 21.9 Å². The van der Waals surface area contributed by atoms with Crippen LogP contribution in [0.15, 0.2) is 12.1 Å². The zero-order chi connectivity index (χ0) is 11.5. The van der Waals surface area contributed by atoms with Crippen LogP contribution in [0.1, 0.15) is 27.4 Å². The highest BCUT2D eigenvalue weighted by Gasteiger charge is 2.18. The molecule has 1 aliphatic rings. The highest BCUT2D eigenvalue weighted by molar-refractivity contribution is 7.13. The number of hydrogen-bond acceptors (Lipinski definition) is 4. The number of hydrogen-bond donors (Lipinski definition) is 2. The van der Waals surface area contributed by atoms with Crippen molar-refractivity contribution in [2.75, 3.05) is 13.1 Å². The van der Waals surface area contributed by atoms with E-state index in [9.17, 15) is 9.90 Å². The number of carbonyl (C=O) groups is 1. The Morgan fingerprint density at radius 3 is 3.00 bits per heavy atom. The zero-order valence-electron chi connectivity index (χ0n) is 8.93. The fourth-order valence-corrected chi connectivity index (χ4v) is 2.86. The van der Waals surface area contributed by atoms with Gasteiger partial charge >= 0.3 is 5.97 Å². The van der Waals surface area contributed by atoms with Gasteiger partial charge in [0.25, 0.3) is 0 Å². The molecule has 2 rings (SSSR count). The summed E-state index contributed by atoms with van der Waals surface area (Å²) in [5, 5.41) is 18.3. The van der Waals surface area contributed by atoms with Gasteiger partial charge in [0, 0.05) is 18.0 Å². The number of β-amino-alcohol motifs (C(OH)–C–C–N with tert-alkyl or cyclic N) is 1. The molecule has 0 aromatic carbocycles. The molecule has 1 saturated heterocycles. The molecule has 1 fully saturated rings. The molecule has 2 N–H and O–H groups in total. The maximum atomic E-state index is 10.7. The number of aliphatic hydroxyl groups excluding tert-OH is 1. The van der Waals surface area contributed by atoms with Crippen LogP contribution in [0.5, 0.6) is 0 Å². The summed E-state index contributed by atoms with van der Waals surface area (Å²) >= 11 is 1.31. The van der Waals surface area contributed by atoms with Crippen molar-refractivity contribution in [1.82, 2.24) is 4.90 Å². The Balaban J connectivity index is 1.95. The van der Waals surface area contributed by atoms with Crippen molar-refractivity contribution in [3.63, 3.8) is 0 Å². The number of carboxylic acids is 1. The van der Waals surface area contributed by atoms with Gasteiger partial charge in [-0.1, -0.05) is 0 Å². The van der Waals surface area contributed by atoms with Gasteiger partial charge in [-0.05, 0) is 31.5 Å². The lowest BCUT2D eigenvalue weighted by atomic mass is 10.1. The number of likely N-dealkylation sites (tertiary alicyclic amines) is 1. The molecule has 1 aliphatic heterocycles. The van der Waals surface area contributed by atoms with Crippen LogP contribution >= 0.6 is 11.3 Å². The molecule has 2 heterocycles. The Morgan fingerprint density at radius 1 is 1.56 bits per heavy atom. The van der Waals surface area contributed by atoms with Crippen LogP contribution in [-0.4, -0.2) is 40.3 Å². The molecule has 5 heteroatoms. The zero-order valence-corrected chi connectivity index (χ0v) is 9.74. The molecule has 0 radical (unpaired) electrons. The van der Waals surface area contributed by atoms with E-state index in [1.807, 2.05) is 6.07 Å². The van der Waals surface area contributed by atoms with E-state index in [0.717, 1.165) is 30.8 Å². The third kappa shape index (κ3) is 2.81. The molecular weight excluding hydrogens is 226 g/mol. The van der Waals surface area contributed by atoms with E-state index in [1.165, 1.54) is 11.3 Å². The fraction of sp³-hybridized carbons (Fsp3) is 0.545. The predicted octanol–water partition coefficient (Wildman–Crippen LogP) is 1.40. The molecule has 0 spiro atoms. The Labute approximate surface area is 98.1 Å². The Bertz CT molecular complexity index is 377. The molecular formula is C11H15NO3S. The van der Waals surface area contributed by atoms with Crippen LogP contribution in [0.3, 0.4) is 0 Å². The highest BCUT2D eigenvalue weighted by Crippen LogP contribution is 2.20. The van der Waals surface area contributed by atoms with E-state index in [2.05, 4.69) is 4.90 Å². The van der Waals surface area contributed by atoms with Crippen molar-refractivity contribution in [1.29, 1.82) is 0 Å². The fourth-order valence-electron chi connectivity index (χ4n) is 1.97. The topological polar surface area (TPSA) is 60.8 Å². The van der Waals surface area contributed by atoms with Crippen molar-refractivity contribution < 1.29 is 15.0 Å². The van der Waals surface area contributed by atoms with Crippen molar-refractivity contribution in [2.24, 2.45) is 0 Å². The Morgan fingerprint density at radius 2 is 2.38 bits per heavy atom. The minimum absolute atomic E-state index is 0.229. The van der Waals surface area contributed by atoms with Crippen LogP contribution in [-0.2, 0) is 6.54 Å². The van der Waals surface area contributed by atoms with Gasteiger partial charge in [-0.15, -0.1) is 11.3 Å². The van der Waals surface area contributed by atoms with Gasteiger partial charge in [-0.3, -0.25) is 4.90 Å². The van der Waals surface area contributed by atoms with Gasteiger partial charge in [-0.25, -0.2) is 4.79 Å². The number of carboxylic acid groups (broad SMARTS) is 1. The summed E-state index contributed by atoms with van der Waals surface area (Å²) in [5.41, 5.74) is 0. The molecule has 0 saturated carbocycles. The number of aromatic carboxylic acids is 1. The van der Waals surface area contributed by atoms with E-state index in [4.69, 9.17) is 5.11 Å². The van der Waals surface area contributed by atoms with Crippen LogP contribution in [0.25, 0.3) is 0 Å². The number of nitrogens with zero attached hydrogens (tertiary/aromatic N) is 1. The number of rotatable bonds is 3. The van der Waals surface area contributed by atoms with Crippen molar-refractivity contribution in [2.45, 2.75) is 25.5 Å². The molecule has 0 bridgehead atoms. The SMILES string of the molecule is O=C(O)c1ccc(CN2CCCC(O)C2)s1. The minimum atomic E-state index is -0.866. The lowest BCUT2D eigenvalue weighted by molar-refractivity contribution is 0.0672. The van der Waals surface area contributed by atoms with Gasteiger partial charge in [0.1, 0.15) is 4.88 Å². The van der Waals surface area contributed by atoms with Gasteiger partial charge < -0.3 is 10.2 Å². The smallest absolute Gasteiger partial charge is 0.345 e. The first kappa shape index (κ1) is 11.6. The number of thiophene rings is 1. The average molecular weight is 241 g/mol. The highest BCUT2D eigenvalue weighted by atomic mass is 32.1. The Kier molecular flexibility index (Phi) is 3.58. The minimum Gasteiger partial charge on any atom is -0.477 e. The van der Waals surface area contributed by atoms with E-state index in [0.29, 0.717) is 11.4 Å². The maximum Gasteiger partial charge on any atom is 0.345 e. The van der Waals surface area contributed by atoms with Crippen molar-refractivity contribution >= 4 is 17.3 Å². The first-order valence-electron chi connectivity index (χ1n) is 5.37. The molecule has 0 aliphatic carbocycles. The average Bonchev–Trinajstić information content (AvgIpc) is 2.66. The van der Waals surface area contributed by atoms with Crippen LogP contribution in [0, 0.1) is 0 Å². The van der Waals surface area contributed by atoms with Crippen LogP contribution in [0.4, 0.5) is 0 Å². The van der Waals surface area contributed by atoms with E-state index >= 15 is 0 Å². The van der Waals surface area contributed by atoms with Gasteiger partial charge in [0.05, 0.1) is 6.10 Å². The molecule has 0 amide bonds. The van der Waals surface area contributed by atoms with Crippen molar-refractivity contribution in [3.8, 4) is 0 Å². The first-order chi connectivity index (χ1) is 7.65. The second kappa shape index (κ2) is 4.95. The summed E-state index contributed by atoms with van der Waals surface area (Å²) < 4.78 is 0. The lowest BCUT2D eigenvalue weighted by Crippen LogP contribution is -2.37. The third-order valence-corrected chi connectivity index (χ3v) is 3.79. The monoisotopic (exact) mass is 241 g/mol. The normalized spacial score (nSPS) is 22.2. The third-order valence-electron chi connectivity index (χ3n) is 2.73. The molecule has 88 valence electrons. The summed E-state index contributed by atoms with van der Waals surface area (Å²) in [7, 11) is 0. The van der Waals surface area contributed by atoms with Crippen LogP contribution < -0.4 is 0 Å². The van der Waals surface area contributed by atoms with E-state index in [1.54, 1.807) is 6.07 Å². The molecule has 1 aromatic rings. The van der Waals surface area contributed by atoms with E-state index < -0.39 is 5.97 Å². The molecule has 1 aromatic heterocycles. The Hall–Kier alpha value is -0.910. The predicted molar refractivity (Wildman–Crippen MR) is 61.8 cm³/mol. The van der Waals surface area contributed by atoms with Gasteiger partial charge in [-0.2, -0.15) is 0 Å². The number of aliphatic hydroxyl groups is 1.